The lowest BCUT2D eigenvalue weighted by Gasteiger charge is -2.31. The lowest BCUT2D eigenvalue weighted by Crippen LogP contribution is -2.44. The average Bonchev–Trinajstić information content (AvgIpc) is 3.28. The predicted octanol–water partition coefficient (Wildman–Crippen LogP) is 3.24. The molecular formula is C27H39N5O4. The monoisotopic (exact) mass is 497 g/mol. The number of allylic oxidation sites excluding steroid dienone is 2. The number of methoxy groups -OCH3 is 1. The quantitative estimate of drug-likeness (QED) is 0.606. The molecule has 1 saturated carbocycles. The third kappa shape index (κ3) is 5.43. The molecule has 1 saturated heterocycles. The van der Waals surface area contributed by atoms with Crippen molar-refractivity contribution >= 4 is 22.9 Å². The topological polar surface area (TPSA) is 101 Å². The van der Waals surface area contributed by atoms with Gasteiger partial charge in [0.25, 0.3) is 0 Å². The molecule has 9 heteroatoms. The maximum Gasteiger partial charge on any atom is 0.241 e. The molecule has 1 aliphatic heterocycles. The Labute approximate surface area is 212 Å². The number of hydrogen-bond donors (Lipinski definition) is 2. The largest absolute Gasteiger partial charge is 0.393 e. The molecule has 0 spiro atoms. The summed E-state index contributed by atoms with van der Waals surface area (Å²) < 4.78 is 12.7. The number of rotatable bonds is 7. The lowest BCUT2D eigenvalue weighted by atomic mass is 9.84. The molecule has 2 aromatic heterocycles. The van der Waals surface area contributed by atoms with E-state index < -0.39 is 0 Å². The van der Waals surface area contributed by atoms with Crippen molar-refractivity contribution in [2.45, 2.75) is 69.9 Å². The summed E-state index contributed by atoms with van der Waals surface area (Å²) in [6, 6.07) is 2.38. The lowest BCUT2D eigenvalue weighted by molar-refractivity contribution is -0.139. The summed E-state index contributed by atoms with van der Waals surface area (Å²) in [5.74, 6) is 1.25. The second-order valence-corrected chi connectivity index (χ2v) is 10.5. The van der Waals surface area contributed by atoms with Gasteiger partial charge in [0.2, 0.25) is 11.9 Å². The van der Waals surface area contributed by atoms with Gasteiger partial charge in [-0.15, -0.1) is 5.10 Å². The highest BCUT2D eigenvalue weighted by Gasteiger charge is 2.30. The van der Waals surface area contributed by atoms with Gasteiger partial charge in [-0.25, -0.2) is 9.50 Å². The molecule has 3 aliphatic rings. The van der Waals surface area contributed by atoms with Crippen molar-refractivity contribution in [2.75, 3.05) is 45.3 Å². The molecule has 9 nitrogen and oxygen atoms in total. The zero-order valence-corrected chi connectivity index (χ0v) is 21.5. The number of nitrogens with one attached hydrogen (secondary N) is 1. The molecule has 0 aromatic carbocycles. The third-order valence-electron chi connectivity index (χ3n) is 7.88. The van der Waals surface area contributed by atoms with Crippen LogP contribution in [-0.2, 0) is 14.3 Å². The molecule has 2 aromatic rings. The van der Waals surface area contributed by atoms with Crippen molar-refractivity contribution in [2.24, 2.45) is 5.92 Å². The number of hydrogen-bond acceptors (Lipinski definition) is 7. The van der Waals surface area contributed by atoms with Crippen LogP contribution in [0.1, 0.15) is 69.0 Å². The Bertz CT molecular complexity index is 1090. The number of aromatic nitrogens is 3. The van der Waals surface area contributed by atoms with Crippen LogP contribution in [0, 0.1) is 5.92 Å². The van der Waals surface area contributed by atoms with E-state index >= 15 is 0 Å². The molecule has 2 atom stereocenters. The van der Waals surface area contributed by atoms with Crippen molar-refractivity contribution in [3.8, 4) is 0 Å². The van der Waals surface area contributed by atoms with Crippen molar-refractivity contribution in [3.05, 3.63) is 29.6 Å². The zero-order chi connectivity index (χ0) is 25.1. The minimum absolute atomic E-state index is 0.0503. The van der Waals surface area contributed by atoms with E-state index in [0.717, 1.165) is 50.5 Å². The van der Waals surface area contributed by atoms with Crippen molar-refractivity contribution < 1.29 is 19.4 Å². The van der Waals surface area contributed by atoms with Gasteiger partial charge in [-0.2, -0.15) is 0 Å². The number of aliphatic hydroxyl groups excluding tert-OH is 1. The van der Waals surface area contributed by atoms with E-state index in [1.807, 2.05) is 18.0 Å². The van der Waals surface area contributed by atoms with E-state index in [1.54, 1.807) is 7.11 Å². The first-order chi connectivity index (χ1) is 17.5. The molecule has 0 unspecified atom stereocenters. The number of amides is 1. The molecule has 5 rings (SSSR count). The minimum atomic E-state index is -0.198. The van der Waals surface area contributed by atoms with E-state index in [1.165, 1.54) is 16.8 Å². The smallest absolute Gasteiger partial charge is 0.241 e. The molecule has 3 heterocycles. The molecule has 0 radical (unpaired) electrons. The second kappa shape index (κ2) is 11.3. The summed E-state index contributed by atoms with van der Waals surface area (Å²) in [5.41, 5.74) is 4.64. The van der Waals surface area contributed by atoms with Crippen LogP contribution in [0.2, 0.25) is 0 Å². The van der Waals surface area contributed by atoms with Gasteiger partial charge < -0.3 is 24.8 Å². The zero-order valence-electron chi connectivity index (χ0n) is 21.5. The van der Waals surface area contributed by atoms with Crippen LogP contribution < -0.4 is 5.32 Å². The van der Waals surface area contributed by atoms with Gasteiger partial charge in [0.1, 0.15) is 0 Å². The van der Waals surface area contributed by atoms with E-state index in [4.69, 9.17) is 14.6 Å². The van der Waals surface area contributed by atoms with E-state index in [0.29, 0.717) is 44.8 Å². The fraction of sp³-hybridized carbons (Fsp3) is 0.667. The summed E-state index contributed by atoms with van der Waals surface area (Å²) in [6.07, 6.45) is 10.0. The summed E-state index contributed by atoms with van der Waals surface area (Å²) in [7, 11) is 1.69. The molecule has 196 valence electrons. The van der Waals surface area contributed by atoms with Crippen molar-refractivity contribution in [1.82, 2.24) is 19.5 Å². The Morgan fingerprint density at radius 3 is 2.72 bits per heavy atom. The summed E-state index contributed by atoms with van der Waals surface area (Å²) in [5, 5.41) is 18.3. The fourth-order valence-electron chi connectivity index (χ4n) is 5.86. The Morgan fingerprint density at radius 2 is 2.03 bits per heavy atom. The standard InChI is InChI=1S/C27H39N5O4/c1-18(17-35-2)29-27-28-16-25-23(15-24(32(25)30-27)20-7-9-22(33)10-8-20)19-3-5-21(6-4-19)26(34)31-11-13-36-14-12-31/h3,15-16,18,20-22,33H,4-14,17H2,1-2H3,(H,29,30)/t18-,20-,21-,22-/m0/s1. The molecule has 2 N–H and O–H groups in total. The first-order valence-electron chi connectivity index (χ1n) is 13.4. The molecule has 2 fully saturated rings. The average molecular weight is 498 g/mol. The first kappa shape index (κ1) is 25.2. The summed E-state index contributed by atoms with van der Waals surface area (Å²) in [6.45, 7) is 5.29. The van der Waals surface area contributed by atoms with Crippen LogP contribution in [0.4, 0.5) is 5.95 Å². The third-order valence-corrected chi connectivity index (χ3v) is 7.88. The van der Waals surface area contributed by atoms with E-state index in [-0.39, 0.29) is 24.0 Å². The minimum Gasteiger partial charge on any atom is -0.393 e. The molecule has 36 heavy (non-hydrogen) atoms. The van der Waals surface area contributed by atoms with Crippen LogP contribution in [0.25, 0.3) is 11.1 Å². The number of aliphatic hydroxyl groups is 1. The van der Waals surface area contributed by atoms with Gasteiger partial charge in [0.15, 0.2) is 0 Å². The Hall–Kier alpha value is -2.49. The van der Waals surface area contributed by atoms with Crippen LogP contribution in [0.15, 0.2) is 18.3 Å². The normalized spacial score (nSPS) is 26.0. The van der Waals surface area contributed by atoms with Gasteiger partial charge in [-0.05, 0) is 63.5 Å². The van der Waals surface area contributed by atoms with Crippen LogP contribution in [0.5, 0.6) is 0 Å². The van der Waals surface area contributed by atoms with Gasteiger partial charge >= 0.3 is 0 Å². The first-order valence-corrected chi connectivity index (χ1v) is 13.4. The highest BCUT2D eigenvalue weighted by Crippen LogP contribution is 2.39. The van der Waals surface area contributed by atoms with Gasteiger partial charge in [-0.3, -0.25) is 4.79 Å². The van der Waals surface area contributed by atoms with Crippen LogP contribution in [-0.4, -0.2) is 82.7 Å². The second-order valence-electron chi connectivity index (χ2n) is 10.5. The fourth-order valence-corrected chi connectivity index (χ4v) is 5.86. The van der Waals surface area contributed by atoms with Crippen molar-refractivity contribution in [3.63, 3.8) is 0 Å². The number of morpholine rings is 1. The van der Waals surface area contributed by atoms with Crippen LogP contribution in [0.3, 0.4) is 0 Å². The SMILES string of the molecule is COC[C@H](C)Nc1ncc2c(C3=CC[C@H](C(=O)N4CCOCC4)CC3)cc([C@H]3CC[C@H](O)CC3)n2n1. The van der Waals surface area contributed by atoms with Gasteiger partial charge in [0.05, 0.1) is 37.6 Å². The number of fused-ring (bicyclic) bond motifs is 1. The highest BCUT2D eigenvalue weighted by atomic mass is 16.5. The number of ether oxygens (including phenoxy) is 2. The molecule has 2 aliphatic carbocycles. The van der Waals surface area contributed by atoms with Gasteiger partial charge in [-0.1, -0.05) is 6.08 Å². The van der Waals surface area contributed by atoms with Crippen molar-refractivity contribution in [1.29, 1.82) is 0 Å². The number of nitrogens with zero attached hydrogens (tertiary/aromatic N) is 4. The number of carbonyl (C=O) groups is 1. The highest BCUT2D eigenvalue weighted by molar-refractivity contribution is 5.83. The van der Waals surface area contributed by atoms with E-state index in [9.17, 15) is 9.90 Å². The summed E-state index contributed by atoms with van der Waals surface area (Å²) in [4.78, 5) is 19.6. The predicted molar refractivity (Wildman–Crippen MR) is 138 cm³/mol. The van der Waals surface area contributed by atoms with Crippen LogP contribution >= 0.6 is 0 Å². The maximum absolute atomic E-state index is 13.0. The number of carbonyl (C=O) groups excluding carboxylic acids is 1. The van der Waals surface area contributed by atoms with Gasteiger partial charge in [0, 0.05) is 49.3 Å². The number of anilines is 1. The molecular weight excluding hydrogens is 458 g/mol. The Morgan fingerprint density at radius 1 is 1.25 bits per heavy atom. The van der Waals surface area contributed by atoms with E-state index in [2.05, 4.69) is 27.0 Å². The maximum atomic E-state index is 13.0. The summed E-state index contributed by atoms with van der Waals surface area (Å²) >= 11 is 0. The Kier molecular flexibility index (Phi) is 7.88. The molecule has 1 amide bonds. The molecule has 0 bridgehead atoms. The Balaban J connectivity index is 1.41.